The minimum Gasteiger partial charge on any atom is -0.351 e. The van der Waals surface area contributed by atoms with Crippen LogP contribution in [0.2, 0.25) is 0 Å². The number of carbonyl (C=O) groups is 2. The van der Waals surface area contributed by atoms with Crippen LogP contribution in [0, 0.1) is 5.53 Å². The zero-order valence-electron chi connectivity index (χ0n) is 7.20. The van der Waals surface area contributed by atoms with Gasteiger partial charge in [-0.1, -0.05) is 0 Å². The smallest absolute Gasteiger partial charge is 0.351 e. The standard InChI is InChI=1S/C6H8N4O3/c1-10-5(13-2)3(9-7)4(11)8-6(10)12/h5,7H,1-2H3/p+1. The predicted octanol–water partition coefficient (Wildman–Crippen LogP) is -1.18. The second-order valence-electron chi connectivity index (χ2n) is 2.46. The summed E-state index contributed by atoms with van der Waals surface area (Å²) >= 11 is 0. The van der Waals surface area contributed by atoms with Gasteiger partial charge in [0.15, 0.2) is 0 Å². The molecule has 1 unspecified atom stereocenters. The lowest BCUT2D eigenvalue weighted by atomic mass is 10.2. The third kappa shape index (κ3) is 1.42. The summed E-state index contributed by atoms with van der Waals surface area (Å²) in [5, 5.41) is 2.01. The fourth-order valence-electron chi connectivity index (χ4n) is 1.03. The molecule has 1 aliphatic heterocycles. The van der Waals surface area contributed by atoms with Gasteiger partial charge in [-0.2, -0.15) is 0 Å². The third-order valence-electron chi connectivity index (χ3n) is 1.70. The summed E-state index contributed by atoms with van der Waals surface area (Å²) in [5.41, 5.74) is 6.59. The molecular formula is C6H9N4O3+. The van der Waals surface area contributed by atoms with Crippen molar-refractivity contribution in [3.8, 4) is 0 Å². The van der Waals surface area contributed by atoms with Gasteiger partial charge in [-0.25, -0.2) is 4.79 Å². The van der Waals surface area contributed by atoms with Gasteiger partial charge in [0.05, 0.1) is 10.3 Å². The van der Waals surface area contributed by atoms with Gasteiger partial charge in [0, 0.05) is 14.2 Å². The SMILES string of the molecule is COC1C(=[N+]=N)C(=O)NC(=O)N1C. The zero-order valence-corrected chi connectivity index (χ0v) is 7.20. The van der Waals surface area contributed by atoms with Crippen LogP contribution in [0.25, 0.3) is 0 Å². The van der Waals surface area contributed by atoms with Crippen LogP contribution in [0.15, 0.2) is 0 Å². The van der Waals surface area contributed by atoms with E-state index in [1.165, 1.54) is 14.2 Å². The molecule has 7 heteroatoms. The van der Waals surface area contributed by atoms with Crippen molar-refractivity contribution in [1.29, 1.82) is 5.53 Å². The number of nitrogens with zero attached hydrogens (tertiary/aromatic N) is 2. The average Bonchev–Trinajstić information content (AvgIpc) is 2.10. The Kier molecular flexibility index (Phi) is 2.41. The Hall–Kier alpha value is -1.72. The molecule has 0 radical (unpaired) electrons. The second-order valence-corrected chi connectivity index (χ2v) is 2.46. The average molecular weight is 185 g/mol. The number of hydrogen-bond donors (Lipinski definition) is 2. The van der Waals surface area contributed by atoms with E-state index in [1.807, 2.05) is 5.32 Å². The maximum absolute atomic E-state index is 11.1. The molecule has 1 rings (SSSR count). The minimum absolute atomic E-state index is 0.135. The van der Waals surface area contributed by atoms with Crippen LogP contribution >= 0.6 is 0 Å². The van der Waals surface area contributed by atoms with Gasteiger partial charge in [0.25, 0.3) is 0 Å². The fourth-order valence-corrected chi connectivity index (χ4v) is 1.03. The summed E-state index contributed by atoms with van der Waals surface area (Å²) in [7, 11) is 2.78. The molecule has 0 bridgehead atoms. The summed E-state index contributed by atoms with van der Waals surface area (Å²) < 4.78 is 4.84. The molecule has 0 spiro atoms. The van der Waals surface area contributed by atoms with Gasteiger partial charge in [-0.3, -0.25) is 15.0 Å². The highest BCUT2D eigenvalue weighted by Crippen LogP contribution is 2.04. The number of rotatable bonds is 1. The first-order valence-corrected chi connectivity index (χ1v) is 3.47. The van der Waals surface area contributed by atoms with Crippen LogP contribution < -0.4 is 5.32 Å². The molecule has 2 N–H and O–H groups in total. The maximum Gasteiger partial charge on any atom is 0.454 e. The molecule has 7 nitrogen and oxygen atoms in total. The van der Waals surface area contributed by atoms with Crippen LogP contribution in [-0.4, -0.2) is 47.7 Å². The fraction of sp³-hybridized carbons (Fsp3) is 0.500. The highest BCUT2D eigenvalue weighted by Gasteiger charge is 2.44. The first-order chi connectivity index (χ1) is 6.11. The summed E-state index contributed by atoms with van der Waals surface area (Å²) in [4.78, 5) is 26.2. The third-order valence-corrected chi connectivity index (χ3v) is 1.70. The Labute approximate surface area is 73.9 Å². The Balaban J connectivity index is 3.04. The monoisotopic (exact) mass is 185 g/mol. The van der Waals surface area contributed by atoms with Gasteiger partial charge in [0.1, 0.15) is 0 Å². The Morgan fingerprint density at radius 3 is 2.69 bits per heavy atom. The molecule has 1 heterocycles. The lowest BCUT2D eigenvalue weighted by molar-refractivity contribution is -0.151. The summed E-state index contributed by atoms with van der Waals surface area (Å²) in [6.07, 6.45) is -0.876. The molecule has 1 aliphatic rings. The number of imide groups is 1. The predicted molar refractivity (Wildman–Crippen MR) is 40.1 cm³/mol. The van der Waals surface area contributed by atoms with Gasteiger partial charge in [-0.15, -0.1) is 0 Å². The molecule has 0 aromatic rings. The van der Waals surface area contributed by atoms with Gasteiger partial charge < -0.3 is 4.74 Å². The van der Waals surface area contributed by atoms with E-state index in [9.17, 15) is 9.59 Å². The molecule has 3 amide bonds. The number of methoxy groups -OCH3 is 1. The van der Waals surface area contributed by atoms with Gasteiger partial charge in [0.2, 0.25) is 6.23 Å². The number of amides is 3. The minimum atomic E-state index is -0.876. The molecule has 1 atom stereocenters. The van der Waals surface area contributed by atoms with Crippen molar-refractivity contribution in [2.24, 2.45) is 0 Å². The van der Waals surface area contributed by atoms with Crippen molar-refractivity contribution in [3.63, 3.8) is 0 Å². The molecule has 1 saturated heterocycles. The van der Waals surface area contributed by atoms with Crippen LogP contribution in [0.5, 0.6) is 0 Å². The molecule has 13 heavy (non-hydrogen) atoms. The highest BCUT2D eigenvalue weighted by atomic mass is 16.5. The molecule has 1 fully saturated rings. The Morgan fingerprint density at radius 2 is 2.23 bits per heavy atom. The number of urea groups is 1. The number of nitrogens with one attached hydrogen (secondary N) is 2. The van der Waals surface area contributed by atoms with Crippen molar-refractivity contribution in [1.82, 2.24) is 10.2 Å². The molecule has 0 saturated carbocycles. The van der Waals surface area contributed by atoms with Crippen molar-refractivity contribution < 1.29 is 19.1 Å². The Bertz CT molecular complexity index is 307. The zero-order chi connectivity index (χ0) is 10.0. The van der Waals surface area contributed by atoms with E-state index in [0.29, 0.717) is 0 Å². The van der Waals surface area contributed by atoms with Crippen molar-refractivity contribution in [2.45, 2.75) is 6.23 Å². The van der Waals surface area contributed by atoms with E-state index in [-0.39, 0.29) is 5.71 Å². The number of ether oxygens (including phenoxy) is 1. The van der Waals surface area contributed by atoms with Crippen LogP contribution in [0.1, 0.15) is 0 Å². The Morgan fingerprint density at radius 1 is 1.62 bits per heavy atom. The summed E-state index contributed by atoms with van der Waals surface area (Å²) in [6, 6.07) is -0.566. The summed E-state index contributed by atoms with van der Waals surface area (Å²) in [5.74, 6) is -0.690. The molecular weight excluding hydrogens is 176 g/mol. The van der Waals surface area contributed by atoms with Crippen LogP contribution in [0.4, 0.5) is 4.79 Å². The lowest BCUT2D eigenvalue weighted by Gasteiger charge is -2.25. The van der Waals surface area contributed by atoms with E-state index in [1.54, 1.807) is 0 Å². The maximum atomic E-state index is 11.1. The van der Waals surface area contributed by atoms with Gasteiger partial charge in [-0.05, 0) is 0 Å². The van der Waals surface area contributed by atoms with E-state index in [2.05, 4.69) is 4.79 Å². The van der Waals surface area contributed by atoms with E-state index >= 15 is 0 Å². The van der Waals surface area contributed by atoms with Gasteiger partial charge >= 0.3 is 17.6 Å². The molecule has 0 aliphatic carbocycles. The molecule has 70 valence electrons. The highest BCUT2D eigenvalue weighted by molar-refractivity contribution is 6.42. The van der Waals surface area contributed by atoms with Crippen molar-refractivity contribution in [3.05, 3.63) is 0 Å². The second kappa shape index (κ2) is 3.34. The quantitative estimate of drug-likeness (QED) is 0.397. The van der Waals surface area contributed by atoms with E-state index in [0.717, 1.165) is 4.90 Å². The van der Waals surface area contributed by atoms with Crippen molar-refractivity contribution >= 4 is 17.6 Å². The largest absolute Gasteiger partial charge is 0.454 e. The lowest BCUT2D eigenvalue weighted by Crippen LogP contribution is -2.60. The van der Waals surface area contributed by atoms with E-state index in [4.69, 9.17) is 10.3 Å². The van der Waals surface area contributed by atoms with Crippen molar-refractivity contribution in [2.75, 3.05) is 14.2 Å². The number of carbonyl (C=O) groups excluding carboxylic acids is 2. The number of hydrogen-bond acceptors (Lipinski definition) is 4. The normalized spacial score (nSPS) is 22.8. The van der Waals surface area contributed by atoms with Crippen LogP contribution in [-0.2, 0) is 9.53 Å². The first kappa shape index (κ1) is 9.37. The first-order valence-electron chi connectivity index (χ1n) is 3.47. The summed E-state index contributed by atoms with van der Waals surface area (Å²) in [6.45, 7) is 0. The topological polar surface area (TPSA) is 96.6 Å². The molecule has 0 aromatic carbocycles. The van der Waals surface area contributed by atoms with Crippen LogP contribution in [0.3, 0.4) is 0 Å². The molecule has 0 aromatic heterocycles. The van der Waals surface area contributed by atoms with E-state index < -0.39 is 18.2 Å².